The molecule has 0 fully saturated rings. The molecule has 0 amide bonds. The Bertz CT molecular complexity index is 174. The van der Waals surface area contributed by atoms with Gasteiger partial charge in [-0.25, -0.2) is 0 Å². The summed E-state index contributed by atoms with van der Waals surface area (Å²) in [6, 6.07) is 0.380. The highest BCUT2D eigenvalue weighted by atomic mass is 14.7. The van der Waals surface area contributed by atoms with Crippen molar-refractivity contribution in [1.82, 2.24) is 0 Å². The molecule has 0 aromatic heterocycles. The lowest BCUT2D eigenvalue weighted by Gasteiger charge is -2.40. The van der Waals surface area contributed by atoms with Gasteiger partial charge < -0.3 is 5.73 Å². The number of hydrogen-bond acceptors (Lipinski definition) is 1. The van der Waals surface area contributed by atoms with Crippen LogP contribution in [0.5, 0.6) is 0 Å². The fourth-order valence-corrected chi connectivity index (χ4v) is 2.42. The molecule has 0 radical (unpaired) electrons. The van der Waals surface area contributed by atoms with Crippen molar-refractivity contribution in [2.45, 2.75) is 46.1 Å². The van der Waals surface area contributed by atoms with Gasteiger partial charge in [0.25, 0.3) is 0 Å². The molecule has 0 bridgehead atoms. The first-order chi connectivity index (χ1) is 5.64. The van der Waals surface area contributed by atoms with E-state index in [9.17, 15) is 0 Å². The zero-order valence-electron chi connectivity index (χ0n) is 8.51. The maximum Gasteiger partial charge on any atom is 0.0110 e. The highest BCUT2D eigenvalue weighted by Crippen LogP contribution is 2.40. The second-order valence-electron chi connectivity index (χ2n) is 4.18. The van der Waals surface area contributed by atoms with Crippen molar-refractivity contribution < 1.29 is 0 Å². The Hall–Kier alpha value is -0.300. The van der Waals surface area contributed by atoms with Crippen LogP contribution < -0.4 is 5.73 Å². The number of allylic oxidation sites excluding steroid dienone is 1. The van der Waals surface area contributed by atoms with Crippen molar-refractivity contribution in [3.8, 4) is 0 Å². The van der Waals surface area contributed by atoms with Crippen LogP contribution in [0.15, 0.2) is 12.2 Å². The third-order valence-electron chi connectivity index (χ3n) is 3.47. The Labute approximate surface area is 76.0 Å². The predicted octanol–water partition coefficient (Wildman–Crippen LogP) is 2.72. The molecule has 1 heteroatoms. The zero-order valence-corrected chi connectivity index (χ0v) is 8.51. The molecule has 0 aliphatic heterocycles. The van der Waals surface area contributed by atoms with Crippen LogP contribution in [0.3, 0.4) is 0 Å². The van der Waals surface area contributed by atoms with Gasteiger partial charge in [-0.2, -0.15) is 0 Å². The molecule has 1 nitrogen and oxygen atoms in total. The number of rotatable bonds is 2. The van der Waals surface area contributed by atoms with Gasteiger partial charge in [0.05, 0.1) is 0 Å². The molecular weight excluding hydrogens is 146 g/mol. The van der Waals surface area contributed by atoms with Crippen LogP contribution in [0.1, 0.15) is 40.0 Å². The summed E-state index contributed by atoms with van der Waals surface area (Å²) in [6.07, 6.45) is 8.09. The largest absolute Gasteiger partial charge is 0.327 e. The Kier molecular flexibility index (Phi) is 2.94. The fourth-order valence-electron chi connectivity index (χ4n) is 2.42. The van der Waals surface area contributed by atoms with Crippen LogP contribution in [0.4, 0.5) is 0 Å². The fraction of sp³-hybridized carbons (Fsp3) is 0.818. The van der Waals surface area contributed by atoms with E-state index in [0.29, 0.717) is 17.4 Å². The van der Waals surface area contributed by atoms with Crippen molar-refractivity contribution in [1.29, 1.82) is 0 Å². The lowest BCUT2D eigenvalue weighted by Crippen LogP contribution is -2.41. The van der Waals surface area contributed by atoms with E-state index in [1.807, 2.05) is 0 Å². The summed E-state index contributed by atoms with van der Waals surface area (Å²) in [5.74, 6) is 0.674. The minimum atomic E-state index is 0.354. The standard InChI is InChI=1S/C11H21N/c1-4-9-10(12)7-6-8-11(9,3)5-2/h6,8-10H,4-5,7,12H2,1-3H3. The molecule has 2 N–H and O–H groups in total. The average Bonchev–Trinajstić information content (AvgIpc) is 2.05. The van der Waals surface area contributed by atoms with Gasteiger partial charge >= 0.3 is 0 Å². The summed E-state index contributed by atoms with van der Waals surface area (Å²) in [6.45, 7) is 6.83. The Balaban J connectivity index is 2.82. The molecule has 1 rings (SSSR count). The molecule has 12 heavy (non-hydrogen) atoms. The molecule has 70 valence electrons. The quantitative estimate of drug-likeness (QED) is 0.629. The van der Waals surface area contributed by atoms with Crippen molar-refractivity contribution >= 4 is 0 Å². The topological polar surface area (TPSA) is 26.0 Å². The zero-order chi connectivity index (χ0) is 9.19. The smallest absolute Gasteiger partial charge is 0.0110 e. The number of hydrogen-bond donors (Lipinski definition) is 1. The SMILES string of the molecule is CCC1C(N)CC=CC1(C)CC. The van der Waals surface area contributed by atoms with Crippen molar-refractivity contribution in [2.75, 3.05) is 0 Å². The Morgan fingerprint density at radius 1 is 1.50 bits per heavy atom. The van der Waals surface area contributed by atoms with Crippen LogP contribution in [-0.4, -0.2) is 6.04 Å². The highest BCUT2D eigenvalue weighted by molar-refractivity contribution is 5.08. The van der Waals surface area contributed by atoms with Crippen LogP contribution in [-0.2, 0) is 0 Å². The average molecular weight is 167 g/mol. The number of nitrogens with two attached hydrogens (primary N) is 1. The highest BCUT2D eigenvalue weighted by Gasteiger charge is 2.34. The molecule has 1 aliphatic rings. The second-order valence-corrected chi connectivity index (χ2v) is 4.18. The van der Waals surface area contributed by atoms with Gasteiger partial charge in [-0.15, -0.1) is 0 Å². The molecule has 0 heterocycles. The third kappa shape index (κ3) is 1.56. The maximum atomic E-state index is 6.09. The van der Waals surface area contributed by atoms with E-state index in [0.717, 1.165) is 6.42 Å². The van der Waals surface area contributed by atoms with Gasteiger partial charge in [0.15, 0.2) is 0 Å². The van der Waals surface area contributed by atoms with Gasteiger partial charge in [0.1, 0.15) is 0 Å². The first kappa shape index (κ1) is 9.79. The van der Waals surface area contributed by atoms with Crippen LogP contribution in [0, 0.1) is 11.3 Å². The van der Waals surface area contributed by atoms with Gasteiger partial charge in [0.2, 0.25) is 0 Å². The normalized spacial score (nSPS) is 41.7. The summed E-state index contributed by atoms with van der Waals surface area (Å²) in [7, 11) is 0. The molecule has 0 aromatic carbocycles. The first-order valence-corrected chi connectivity index (χ1v) is 5.07. The third-order valence-corrected chi connectivity index (χ3v) is 3.47. The molecule has 0 saturated carbocycles. The van der Waals surface area contributed by atoms with E-state index in [1.165, 1.54) is 12.8 Å². The second kappa shape index (κ2) is 3.61. The van der Waals surface area contributed by atoms with Crippen LogP contribution in [0.2, 0.25) is 0 Å². The van der Waals surface area contributed by atoms with Crippen LogP contribution in [0.25, 0.3) is 0 Å². The van der Waals surface area contributed by atoms with Crippen molar-refractivity contribution in [3.63, 3.8) is 0 Å². The molecular formula is C11H21N. The van der Waals surface area contributed by atoms with Crippen molar-refractivity contribution in [2.24, 2.45) is 17.1 Å². The van der Waals surface area contributed by atoms with E-state index < -0.39 is 0 Å². The summed E-state index contributed by atoms with van der Waals surface area (Å²) in [5.41, 5.74) is 6.44. The molecule has 1 aliphatic carbocycles. The van der Waals surface area contributed by atoms with Gasteiger partial charge in [0, 0.05) is 6.04 Å². The monoisotopic (exact) mass is 167 g/mol. The lowest BCUT2D eigenvalue weighted by atomic mass is 9.67. The molecule has 0 aromatic rings. The van der Waals surface area contributed by atoms with Crippen molar-refractivity contribution in [3.05, 3.63) is 12.2 Å². The molecule has 3 unspecified atom stereocenters. The van der Waals surface area contributed by atoms with E-state index in [1.54, 1.807) is 0 Å². The summed E-state index contributed by atoms with van der Waals surface area (Å²) >= 11 is 0. The molecule has 0 saturated heterocycles. The minimum absolute atomic E-state index is 0.354. The molecule has 0 spiro atoms. The Morgan fingerprint density at radius 2 is 2.17 bits per heavy atom. The summed E-state index contributed by atoms with van der Waals surface area (Å²) in [5, 5.41) is 0. The van der Waals surface area contributed by atoms with E-state index in [2.05, 4.69) is 32.9 Å². The first-order valence-electron chi connectivity index (χ1n) is 5.07. The van der Waals surface area contributed by atoms with E-state index in [4.69, 9.17) is 5.73 Å². The van der Waals surface area contributed by atoms with Gasteiger partial charge in [-0.1, -0.05) is 39.3 Å². The Morgan fingerprint density at radius 3 is 2.58 bits per heavy atom. The van der Waals surface area contributed by atoms with Gasteiger partial charge in [-0.3, -0.25) is 0 Å². The van der Waals surface area contributed by atoms with E-state index in [-0.39, 0.29) is 0 Å². The molecule has 3 atom stereocenters. The van der Waals surface area contributed by atoms with E-state index >= 15 is 0 Å². The minimum Gasteiger partial charge on any atom is -0.327 e. The predicted molar refractivity (Wildman–Crippen MR) is 53.9 cm³/mol. The summed E-state index contributed by atoms with van der Waals surface area (Å²) in [4.78, 5) is 0. The summed E-state index contributed by atoms with van der Waals surface area (Å²) < 4.78 is 0. The van der Waals surface area contributed by atoms with Gasteiger partial charge in [-0.05, 0) is 24.2 Å². The van der Waals surface area contributed by atoms with Crippen LogP contribution >= 0.6 is 0 Å². The lowest BCUT2D eigenvalue weighted by molar-refractivity contribution is 0.187. The maximum absolute atomic E-state index is 6.09.